The number of ether oxygens (including phenoxy) is 1. The summed E-state index contributed by atoms with van der Waals surface area (Å²) in [6.07, 6.45) is -0.475. The lowest BCUT2D eigenvalue weighted by molar-refractivity contribution is 0.0479. The van der Waals surface area contributed by atoms with E-state index in [1.807, 2.05) is 13.8 Å². The minimum atomic E-state index is -0.475. The topological polar surface area (TPSA) is 95.8 Å². The number of aromatic nitrogens is 2. The Hall–Kier alpha value is -2.57. The molecule has 22 heavy (non-hydrogen) atoms. The van der Waals surface area contributed by atoms with E-state index in [1.165, 1.54) is 0 Å². The lowest BCUT2D eigenvalue weighted by Crippen LogP contribution is -2.14. The number of oxime groups is 1. The minimum absolute atomic E-state index is 0.192. The summed E-state index contributed by atoms with van der Waals surface area (Å²) in [6.45, 7) is 5.74. The van der Waals surface area contributed by atoms with Gasteiger partial charge in [-0.15, -0.1) is 0 Å². The minimum Gasteiger partial charge on any atom is -0.497 e. The standard InChI is InChI=1S/C15H20N4O3/c1-9(2)14-17-15(22-19-14)10(3)21-18-13(16)11-5-7-12(20-4)8-6-11/h5-10H,1-4H3,(H2,16,18)/t10-/m0/s1. The second-order valence-corrected chi connectivity index (χ2v) is 5.10. The van der Waals surface area contributed by atoms with E-state index in [-0.39, 0.29) is 11.8 Å². The van der Waals surface area contributed by atoms with E-state index in [0.29, 0.717) is 11.7 Å². The second-order valence-electron chi connectivity index (χ2n) is 5.10. The maximum Gasteiger partial charge on any atom is 0.270 e. The molecule has 1 aromatic carbocycles. The molecule has 0 saturated heterocycles. The molecule has 0 amide bonds. The number of hydrogen-bond acceptors (Lipinski definition) is 6. The molecule has 1 heterocycles. The van der Waals surface area contributed by atoms with Crippen molar-refractivity contribution in [2.75, 3.05) is 7.11 Å². The van der Waals surface area contributed by atoms with Crippen LogP contribution in [-0.2, 0) is 4.84 Å². The van der Waals surface area contributed by atoms with Crippen LogP contribution in [0.4, 0.5) is 0 Å². The molecule has 7 nitrogen and oxygen atoms in total. The van der Waals surface area contributed by atoms with Crippen molar-refractivity contribution in [2.45, 2.75) is 32.8 Å². The monoisotopic (exact) mass is 304 g/mol. The fourth-order valence-electron chi connectivity index (χ4n) is 1.64. The lowest BCUT2D eigenvalue weighted by Gasteiger charge is -2.06. The molecule has 0 saturated carbocycles. The molecule has 7 heteroatoms. The Labute approximate surface area is 129 Å². The molecule has 1 aromatic heterocycles. The van der Waals surface area contributed by atoms with Crippen LogP contribution in [-0.4, -0.2) is 23.1 Å². The van der Waals surface area contributed by atoms with E-state index >= 15 is 0 Å². The third-order valence-corrected chi connectivity index (χ3v) is 3.02. The Morgan fingerprint density at radius 1 is 1.23 bits per heavy atom. The Morgan fingerprint density at radius 3 is 2.45 bits per heavy atom. The summed E-state index contributed by atoms with van der Waals surface area (Å²) in [4.78, 5) is 9.58. The SMILES string of the molecule is COc1ccc(/C(N)=N\O[C@@H](C)c2nc(C(C)C)no2)cc1. The number of methoxy groups -OCH3 is 1. The fourth-order valence-corrected chi connectivity index (χ4v) is 1.64. The Morgan fingerprint density at radius 2 is 1.91 bits per heavy atom. The number of hydrogen-bond donors (Lipinski definition) is 1. The number of benzene rings is 1. The lowest BCUT2D eigenvalue weighted by atomic mass is 10.2. The van der Waals surface area contributed by atoms with E-state index in [4.69, 9.17) is 19.8 Å². The van der Waals surface area contributed by atoms with E-state index in [2.05, 4.69) is 15.3 Å². The van der Waals surface area contributed by atoms with Gasteiger partial charge in [0.2, 0.25) is 6.10 Å². The number of nitrogens with two attached hydrogens (primary N) is 1. The highest BCUT2D eigenvalue weighted by Gasteiger charge is 2.17. The number of amidine groups is 1. The maximum atomic E-state index is 5.88. The van der Waals surface area contributed by atoms with Gasteiger partial charge in [-0.1, -0.05) is 24.2 Å². The van der Waals surface area contributed by atoms with Gasteiger partial charge in [0.15, 0.2) is 11.7 Å². The highest BCUT2D eigenvalue weighted by molar-refractivity contribution is 5.97. The largest absolute Gasteiger partial charge is 0.497 e. The van der Waals surface area contributed by atoms with Crippen LogP contribution in [0.3, 0.4) is 0 Å². The Bertz CT molecular complexity index is 634. The van der Waals surface area contributed by atoms with Crippen LogP contribution in [0.1, 0.15) is 50.1 Å². The van der Waals surface area contributed by atoms with Gasteiger partial charge in [0.05, 0.1) is 7.11 Å². The normalized spacial score (nSPS) is 13.2. The van der Waals surface area contributed by atoms with Gasteiger partial charge in [-0.05, 0) is 31.2 Å². The molecule has 2 aromatic rings. The summed E-state index contributed by atoms with van der Waals surface area (Å²) in [7, 11) is 1.60. The number of rotatable bonds is 6. The smallest absolute Gasteiger partial charge is 0.270 e. The number of nitrogens with zero attached hydrogens (tertiary/aromatic N) is 3. The molecular weight excluding hydrogens is 284 g/mol. The molecule has 0 spiro atoms. The van der Waals surface area contributed by atoms with Crippen LogP contribution in [0.5, 0.6) is 5.75 Å². The molecule has 1 atom stereocenters. The third-order valence-electron chi connectivity index (χ3n) is 3.02. The predicted molar refractivity (Wildman–Crippen MR) is 81.6 cm³/mol. The van der Waals surface area contributed by atoms with Crippen molar-refractivity contribution in [3.05, 3.63) is 41.5 Å². The van der Waals surface area contributed by atoms with Gasteiger partial charge in [0, 0.05) is 11.5 Å². The first-order valence-electron chi connectivity index (χ1n) is 6.98. The summed E-state index contributed by atoms with van der Waals surface area (Å²) in [6, 6.07) is 7.20. The van der Waals surface area contributed by atoms with Crippen molar-refractivity contribution in [3.8, 4) is 5.75 Å². The summed E-state index contributed by atoms with van der Waals surface area (Å²) in [5, 5.41) is 7.79. The van der Waals surface area contributed by atoms with Gasteiger partial charge >= 0.3 is 0 Å². The van der Waals surface area contributed by atoms with Crippen LogP contribution in [0, 0.1) is 0 Å². The van der Waals surface area contributed by atoms with Crippen molar-refractivity contribution in [1.29, 1.82) is 0 Å². The molecular formula is C15H20N4O3. The molecule has 0 unspecified atom stereocenters. The van der Waals surface area contributed by atoms with Crippen molar-refractivity contribution in [2.24, 2.45) is 10.9 Å². The third kappa shape index (κ3) is 3.75. The molecule has 0 radical (unpaired) electrons. The van der Waals surface area contributed by atoms with Crippen LogP contribution in [0.15, 0.2) is 33.9 Å². The summed E-state index contributed by atoms with van der Waals surface area (Å²) in [5.74, 6) is 2.21. The molecule has 0 bridgehead atoms. The van der Waals surface area contributed by atoms with E-state index in [0.717, 1.165) is 11.3 Å². The van der Waals surface area contributed by atoms with Gasteiger partial charge in [0.25, 0.3) is 5.89 Å². The molecule has 0 aliphatic heterocycles. The fraction of sp³-hybridized carbons (Fsp3) is 0.400. The van der Waals surface area contributed by atoms with Crippen LogP contribution >= 0.6 is 0 Å². The average Bonchev–Trinajstić information content (AvgIpc) is 3.02. The van der Waals surface area contributed by atoms with Crippen molar-refractivity contribution in [1.82, 2.24) is 10.1 Å². The van der Waals surface area contributed by atoms with Crippen LogP contribution in [0.2, 0.25) is 0 Å². The second kappa shape index (κ2) is 6.93. The van der Waals surface area contributed by atoms with Gasteiger partial charge < -0.3 is 19.8 Å². The Balaban J connectivity index is 2.02. The van der Waals surface area contributed by atoms with E-state index in [9.17, 15) is 0 Å². The first-order chi connectivity index (χ1) is 10.5. The molecule has 0 aliphatic rings. The van der Waals surface area contributed by atoms with Gasteiger partial charge in [0.1, 0.15) is 5.75 Å². The summed E-state index contributed by atoms with van der Waals surface area (Å²) in [5.41, 5.74) is 6.62. The van der Waals surface area contributed by atoms with Crippen molar-refractivity contribution in [3.63, 3.8) is 0 Å². The summed E-state index contributed by atoms with van der Waals surface area (Å²) >= 11 is 0. The summed E-state index contributed by atoms with van der Waals surface area (Å²) < 4.78 is 10.2. The van der Waals surface area contributed by atoms with E-state index < -0.39 is 6.10 Å². The molecule has 0 aliphatic carbocycles. The first-order valence-corrected chi connectivity index (χ1v) is 6.98. The Kier molecular flexibility index (Phi) is 4.98. The van der Waals surface area contributed by atoms with Gasteiger partial charge in [-0.3, -0.25) is 0 Å². The van der Waals surface area contributed by atoms with E-state index in [1.54, 1.807) is 38.3 Å². The van der Waals surface area contributed by atoms with Crippen LogP contribution < -0.4 is 10.5 Å². The molecule has 2 N–H and O–H groups in total. The van der Waals surface area contributed by atoms with Gasteiger partial charge in [-0.2, -0.15) is 4.98 Å². The quantitative estimate of drug-likeness (QED) is 0.500. The van der Waals surface area contributed by atoms with Crippen molar-refractivity contribution >= 4 is 5.84 Å². The predicted octanol–water partition coefficient (Wildman–Crippen LogP) is 2.60. The molecule has 2 rings (SSSR count). The zero-order valence-corrected chi connectivity index (χ0v) is 13.1. The maximum absolute atomic E-state index is 5.88. The highest BCUT2D eigenvalue weighted by atomic mass is 16.6. The van der Waals surface area contributed by atoms with Crippen molar-refractivity contribution < 1.29 is 14.1 Å². The van der Waals surface area contributed by atoms with Crippen LogP contribution in [0.25, 0.3) is 0 Å². The van der Waals surface area contributed by atoms with Gasteiger partial charge in [-0.25, -0.2) is 0 Å². The molecule has 0 fully saturated rings. The zero-order valence-electron chi connectivity index (χ0n) is 13.1. The first kappa shape index (κ1) is 15.8. The zero-order chi connectivity index (χ0) is 16.1. The average molecular weight is 304 g/mol. The molecule has 118 valence electrons. The highest BCUT2D eigenvalue weighted by Crippen LogP contribution is 2.18.